The number of hydrogen-bond acceptors (Lipinski definition) is 5. The summed E-state index contributed by atoms with van der Waals surface area (Å²) >= 11 is 0. The van der Waals surface area contributed by atoms with Crippen LogP contribution in [0, 0.1) is 20.8 Å². The fourth-order valence-corrected chi connectivity index (χ4v) is 4.46. The van der Waals surface area contributed by atoms with Gasteiger partial charge in [0.1, 0.15) is 5.76 Å². The standard InChI is InChI=1S/C27H31NO4/c1-6-22(28-31-7-2)26-23(29)15-21(25-18(4)13-17(3)14-19(25)5)16-24(26)32-27(30)20-11-9-8-10-12-20/h6,8-14,21,28H,7,15-16H2,1-5H3. The molecule has 168 valence electrons. The van der Waals surface area contributed by atoms with Crippen molar-refractivity contribution in [2.24, 2.45) is 0 Å². The molecule has 1 aliphatic carbocycles. The number of esters is 1. The van der Waals surface area contributed by atoms with Crippen molar-refractivity contribution in [1.29, 1.82) is 0 Å². The van der Waals surface area contributed by atoms with E-state index in [1.807, 2.05) is 19.9 Å². The number of rotatable bonds is 7. The maximum atomic E-state index is 13.4. The molecule has 0 heterocycles. The van der Waals surface area contributed by atoms with Gasteiger partial charge in [-0.3, -0.25) is 15.1 Å². The van der Waals surface area contributed by atoms with Gasteiger partial charge in [0.15, 0.2) is 5.78 Å². The highest BCUT2D eigenvalue weighted by molar-refractivity contribution is 6.02. The van der Waals surface area contributed by atoms with Gasteiger partial charge in [0.25, 0.3) is 0 Å². The molecule has 0 fully saturated rings. The molecule has 2 aromatic rings. The Kier molecular flexibility index (Phi) is 7.65. The number of Topliss-reactive ketones (excluding diaryl/α,β-unsaturated/α-hetero) is 1. The van der Waals surface area contributed by atoms with Gasteiger partial charge in [0.2, 0.25) is 0 Å². The molecule has 0 aromatic heterocycles. The van der Waals surface area contributed by atoms with E-state index in [0.29, 0.717) is 42.0 Å². The predicted octanol–water partition coefficient (Wildman–Crippen LogP) is 5.61. The Hall–Kier alpha value is -3.18. The van der Waals surface area contributed by atoms with E-state index < -0.39 is 5.97 Å². The lowest BCUT2D eigenvalue weighted by atomic mass is 9.78. The smallest absolute Gasteiger partial charge is 0.343 e. The van der Waals surface area contributed by atoms with Gasteiger partial charge in [-0.25, -0.2) is 4.79 Å². The molecule has 0 saturated carbocycles. The minimum Gasteiger partial charge on any atom is -0.427 e. The number of hydrogen-bond donors (Lipinski definition) is 1. The maximum Gasteiger partial charge on any atom is 0.343 e. The highest BCUT2D eigenvalue weighted by atomic mass is 16.6. The number of ether oxygens (including phenoxy) is 1. The zero-order valence-corrected chi connectivity index (χ0v) is 19.5. The van der Waals surface area contributed by atoms with Crippen LogP contribution in [0.4, 0.5) is 0 Å². The Bertz CT molecular complexity index is 1040. The van der Waals surface area contributed by atoms with Crippen LogP contribution in [0.5, 0.6) is 0 Å². The Balaban J connectivity index is 2.04. The molecule has 0 spiro atoms. The van der Waals surface area contributed by atoms with Crippen molar-refractivity contribution in [1.82, 2.24) is 5.48 Å². The Morgan fingerprint density at radius 3 is 2.34 bits per heavy atom. The van der Waals surface area contributed by atoms with E-state index in [1.54, 1.807) is 30.3 Å². The maximum absolute atomic E-state index is 13.4. The molecule has 0 radical (unpaired) electrons. The molecule has 0 bridgehead atoms. The number of carbonyl (C=O) groups excluding carboxylic acids is 2. The Morgan fingerprint density at radius 1 is 1.09 bits per heavy atom. The molecule has 0 saturated heterocycles. The third kappa shape index (κ3) is 5.17. The van der Waals surface area contributed by atoms with E-state index >= 15 is 0 Å². The third-order valence-corrected chi connectivity index (χ3v) is 5.68. The summed E-state index contributed by atoms with van der Waals surface area (Å²) in [6, 6.07) is 13.1. The summed E-state index contributed by atoms with van der Waals surface area (Å²) < 4.78 is 5.86. The second-order valence-electron chi connectivity index (χ2n) is 8.13. The Morgan fingerprint density at radius 2 is 1.75 bits per heavy atom. The summed E-state index contributed by atoms with van der Waals surface area (Å²) in [5, 5.41) is 0. The number of aryl methyl sites for hydroxylation is 3. The van der Waals surface area contributed by atoms with Crippen LogP contribution in [0.3, 0.4) is 0 Å². The highest BCUT2D eigenvalue weighted by Gasteiger charge is 2.34. The summed E-state index contributed by atoms with van der Waals surface area (Å²) in [5.41, 5.74) is 8.81. The first-order valence-corrected chi connectivity index (χ1v) is 11.0. The molecule has 0 aliphatic heterocycles. The van der Waals surface area contributed by atoms with Gasteiger partial charge in [0, 0.05) is 12.8 Å². The first kappa shape index (κ1) is 23.5. The van der Waals surface area contributed by atoms with Crippen LogP contribution < -0.4 is 5.48 Å². The van der Waals surface area contributed by atoms with E-state index in [1.165, 1.54) is 5.56 Å². The monoisotopic (exact) mass is 433 g/mol. The predicted molar refractivity (Wildman–Crippen MR) is 125 cm³/mol. The number of benzene rings is 2. The molecular weight excluding hydrogens is 402 g/mol. The minimum absolute atomic E-state index is 0.0596. The molecule has 5 heteroatoms. The summed E-state index contributed by atoms with van der Waals surface area (Å²) in [5.74, 6) is -0.233. The van der Waals surface area contributed by atoms with Gasteiger partial charge in [-0.15, -0.1) is 0 Å². The average molecular weight is 434 g/mol. The van der Waals surface area contributed by atoms with Crippen molar-refractivity contribution in [3.8, 4) is 0 Å². The molecule has 32 heavy (non-hydrogen) atoms. The molecule has 1 aliphatic rings. The first-order chi connectivity index (χ1) is 15.3. The van der Waals surface area contributed by atoms with Crippen LogP contribution in [0.1, 0.15) is 65.2 Å². The van der Waals surface area contributed by atoms with E-state index in [-0.39, 0.29) is 11.7 Å². The van der Waals surface area contributed by atoms with Gasteiger partial charge < -0.3 is 4.74 Å². The molecule has 5 nitrogen and oxygen atoms in total. The normalized spacial score (nSPS) is 16.8. The largest absolute Gasteiger partial charge is 0.427 e. The van der Waals surface area contributed by atoms with Gasteiger partial charge in [-0.1, -0.05) is 42.0 Å². The van der Waals surface area contributed by atoms with Gasteiger partial charge in [0.05, 0.1) is 23.4 Å². The second kappa shape index (κ2) is 10.4. The summed E-state index contributed by atoms with van der Waals surface area (Å²) in [4.78, 5) is 31.6. The topological polar surface area (TPSA) is 64.6 Å². The SMILES string of the molecule is CC=C(NOCC)C1=C(OC(=O)c2ccccc2)CC(c2c(C)cc(C)cc2C)CC1=O. The molecular formula is C27H31NO4. The fraction of sp³-hybridized carbons (Fsp3) is 0.333. The zero-order chi connectivity index (χ0) is 23.3. The summed E-state index contributed by atoms with van der Waals surface area (Å²) in [6.45, 7) is 10.3. The molecule has 1 atom stereocenters. The second-order valence-corrected chi connectivity index (χ2v) is 8.13. The van der Waals surface area contributed by atoms with Crippen molar-refractivity contribution in [3.63, 3.8) is 0 Å². The minimum atomic E-state index is -0.476. The van der Waals surface area contributed by atoms with Crippen LogP contribution in [-0.2, 0) is 14.4 Å². The van der Waals surface area contributed by atoms with Crippen LogP contribution in [0.2, 0.25) is 0 Å². The number of nitrogens with one attached hydrogen (secondary N) is 1. The number of carbonyl (C=O) groups is 2. The lowest BCUT2D eigenvalue weighted by Crippen LogP contribution is -2.27. The van der Waals surface area contributed by atoms with Crippen LogP contribution in [0.25, 0.3) is 0 Å². The van der Waals surface area contributed by atoms with Gasteiger partial charge >= 0.3 is 5.97 Å². The van der Waals surface area contributed by atoms with Crippen LogP contribution in [0.15, 0.2) is 65.6 Å². The lowest BCUT2D eigenvalue weighted by molar-refractivity contribution is -0.116. The van der Waals surface area contributed by atoms with E-state index in [4.69, 9.17) is 9.57 Å². The van der Waals surface area contributed by atoms with Crippen LogP contribution >= 0.6 is 0 Å². The van der Waals surface area contributed by atoms with Crippen molar-refractivity contribution in [2.45, 2.75) is 53.4 Å². The first-order valence-electron chi connectivity index (χ1n) is 11.0. The van der Waals surface area contributed by atoms with Gasteiger partial charge in [-0.2, -0.15) is 0 Å². The number of allylic oxidation sites excluding steroid dienone is 3. The third-order valence-electron chi connectivity index (χ3n) is 5.68. The van der Waals surface area contributed by atoms with Crippen LogP contribution in [-0.4, -0.2) is 18.4 Å². The van der Waals surface area contributed by atoms with Crippen molar-refractivity contribution in [2.75, 3.05) is 6.61 Å². The highest BCUT2D eigenvalue weighted by Crippen LogP contribution is 2.40. The summed E-state index contributed by atoms with van der Waals surface area (Å²) in [7, 11) is 0. The quantitative estimate of drug-likeness (QED) is 0.454. The molecule has 0 amide bonds. The van der Waals surface area contributed by atoms with E-state index in [2.05, 4.69) is 38.4 Å². The zero-order valence-electron chi connectivity index (χ0n) is 19.5. The summed E-state index contributed by atoms with van der Waals surface area (Å²) in [6.07, 6.45) is 2.56. The van der Waals surface area contributed by atoms with Crippen molar-refractivity contribution < 1.29 is 19.2 Å². The number of hydroxylamine groups is 1. The van der Waals surface area contributed by atoms with E-state index in [9.17, 15) is 9.59 Å². The van der Waals surface area contributed by atoms with E-state index in [0.717, 1.165) is 16.7 Å². The molecule has 2 aromatic carbocycles. The molecule has 3 rings (SSSR count). The van der Waals surface area contributed by atoms with Crippen molar-refractivity contribution in [3.05, 3.63) is 93.4 Å². The fourth-order valence-electron chi connectivity index (χ4n) is 4.46. The average Bonchev–Trinajstić information content (AvgIpc) is 2.75. The lowest BCUT2D eigenvalue weighted by Gasteiger charge is -2.29. The molecule has 1 unspecified atom stereocenters. The number of ketones is 1. The molecule has 1 N–H and O–H groups in total. The van der Waals surface area contributed by atoms with Crippen molar-refractivity contribution >= 4 is 11.8 Å². The Labute approximate surface area is 190 Å². The van der Waals surface area contributed by atoms with Gasteiger partial charge in [-0.05, 0) is 69.4 Å².